The van der Waals surface area contributed by atoms with Crippen LogP contribution in [0.15, 0.2) is 65.6 Å². The molecule has 0 aliphatic carbocycles. The summed E-state index contributed by atoms with van der Waals surface area (Å²) in [6, 6.07) is 17.4. The van der Waals surface area contributed by atoms with Crippen molar-refractivity contribution in [1.82, 2.24) is 8.87 Å². The predicted molar refractivity (Wildman–Crippen MR) is 106 cm³/mol. The van der Waals surface area contributed by atoms with Gasteiger partial charge in [-0.05, 0) is 17.7 Å². The first kappa shape index (κ1) is 18.7. The SMILES string of the molecule is O=C(O)c1c(Cl)c(-c2ccccc2)n2c1CN(S(=O)(=O)c1ccccc1)CC2. The molecule has 1 N–H and O–H groups in total. The first-order valence-corrected chi connectivity index (χ1v) is 10.5. The Hall–Kier alpha value is -2.61. The highest BCUT2D eigenvalue weighted by atomic mass is 35.5. The average Bonchev–Trinajstić information content (AvgIpc) is 3.00. The van der Waals surface area contributed by atoms with Crippen LogP contribution >= 0.6 is 11.6 Å². The van der Waals surface area contributed by atoms with Crippen LogP contribution in [-0.2, 0) is 23.1 Å². The number of sulfonamides is 1. The Bertz CT molecular complexity index is 1140. The first-order chi connectivity index (χ1) is 13.4. The lowest BCUT2D eigenvalue weighted by Gasteiger charge is -2.29. The van der Waals surface area contributed by atoms with Crippen molar-refractivity contribution in [2.75, 3.05) is 6.54 Å². The average molecular weight is 417 g/mol. The fraction of sp³-hybridized carbons (Fsp3) is 0.150. The molecule has 0 radical (unpaired) electrons. The Kier molecular flexibility index (Phi) is 4.74. The van der Waals surface area contributed by atoms with Crippen molar-refractivity contribution in [1.29, 1.82) is 0 Å². The Morgan fingerprint density at radius 2 is 1.57 bits per heavy atom. The van der Waals surface area contributed by atoms with Gasteiger partial charge < -0.3 is 9.67 Å². The van der Waals surface area contributed by atoms with Crippen molar-refractivity contribution >= 4 is 27.6 Å². The molecule has 144 valence electrons. The van der Waals surface area contributed by atoms with E-state index in [-0.39, 0.29) is 28.6 Å². The van der Waals surface area contributed by atoms with Crippen LogP contribution < -0.4 is 0 Å². The summed E-state index contributed by atoms with van der Waals surface area (Å²) in [4.78, 5) is 12.1. The fourth-order valence-corrected chi connectivity index (χ4v) is 5.36. The highest BCUT2D eigenvalue weighted by Crippen LogP contribution is 2.38. The second-order valence-electron chi connectivity index (χ2n) is 6.46. The van der Waals surface area contributed by atoms with Crippen molar-refractivity contribution in [3.8, 4) is 11.3 Å². The highest BCUT2D eigenvalue weighted by molar-refractivity contribution is 7.89. The summed E-state index contributed by atoms with van der Waals surface area (Å²) >= 11 is 6.46. The molecule has 4 rings (SSSR count). The van der Waals surface area contributed by atoms with Crippen LogP contribution in [0.2, 0.25) is 5.02 Å². The van der Waals surface area contributed by atoms with Gasteiger partial charge in [0.15, 0.2) is 0 Å². The highest BCUT2D eigenvalue weighted by Gasteiger charge is 2.35. The number of benzene rings is 2. The molecular weight excluding hydrogens is 400 g/mol. The zero-order chi connectivity index (χ0) is 19.9. The van der Waals surface area contributed by atoms with E-state index in [9.17, 15) is 18.3 Å². The van der Waals surface area contributed by atoms with Gasteiger partial charge in [-0.25, -0.2) is 13.2 Å². The number of aromatic nitrogens is 1. The number of carbonyl (C=O) groups is 1. The molecule has 0 bridgehead atoms. The van der Waals surface area contributed by atoms with E-state index < -0.39 is 16.0 Å². The summed E-state index contributed by atoms with van der Waals surface area (Å²) < 4.78 is 29.1. The smallest absolute Gasteiger partial charge is 0.339 e. The summed E-state index contributed by atoms with van der Waals surface area (Å²) in [6.45, 7) is 0.498. The van der Waals surface area contributed by atoms with Crippen molar-refractivity contribution < 1.29 is 18.3 Å². The Morgan fingerprint density at radius 3 is 2.18 bits per heavy atom. The molecule has 1 aliphatic rings. The van der Waals surface area contributed by atoms with Gasteiger partial charge in [0.1, 0.15) is 5.56 Å². The monoisotopic (exact) mass is 416 g/mol. The number of carboxylic acid groups (broad SMARTS) is 1. The number of hydrogen-bond acceptors (Lipinski definition) is 3. The number of rotatable bonds is 4. The second kappa shape index (κ2) is 7.09. The number of aromatic carboxylic acids is 1. The number of nitrogens with zero attached hydrogens (tertiary/aromatic N) is 2. The summed E-state index contributed by atoms with van der Waals surface area (Å²) in [7, 11) is -3.73. The molecule has 8 heteroatoms. The normalized spacial score (nSPS) is 14.6. The van der Waals surface area contributed by atoms with Crippen LogP contribution in [0.3, 0.4) is 0 Å². The lowest BCUT2D eigenvalue weighted by molar-refractivity contribution is 0.0694. The maximum absolute atomic E-state index is 13.0. The quantitative estimate of drug-likeness (QED) is 0.703. The molecule has 0 saturated heterocycles. The van der Waals surface area contributed by atoms with Crippen LogP contribution in [-0.4, -0.2) is 34.9 Å². The molecule has 28 heavy (non-hydrogen) atoms. The van der Waals surface area contributed by atoms with E-state index in [2.05, 4.69) is 0 Å². The van der Waals surface area contributed by atoms with E-state index in [1.54, 1.807) is 18.2 Å². The van der Waals surface area contributed by atoms with Gasteiger partial charge in [-0.2, -0.15) is 4.31 Å². The van der Waals surface area contributed by atoms with Gasteiger partial charge in [0, 0.05) is 18.8 Å². The first-order valence-electron chi connectivity index (χ1n) is 8.66. The van der Waals surface area contributed by atoms with Crippen LogP contribution in [0.5, 0.6) is 0 Å². The maximum Gasteiger partial charge on any atom is 0.339 e. The van der Waals surface area contributed by atoms with Crippen LogP contribution in [0.1, 0.15) is 16.1 Å². The van der Waals surface area contributed by atoms with Crippen molar-refractivity contribution in [3.63, 3.8) is 0 Å². The molecule has 0 saturated carbocycles. The van der Waals surface area contributed by atoms with E-state index in [1.807, 2.05) is 34.9 Å². The van der Waals surface area contributed by atoms with Gasteiger partial charge >= 0.3 is 5.97 Å². The van der Waals surface area contributed by atoms with E-state index in [1.165, 1.54) is 16.4 Å². The van der Waals surface area contributed by atoms with Crippen molar-refractivity contribution in [2.24, 2.45) is 0 Å². The topological polar surface area (TPSA) is 79.6 Å². The molecule has 6 nitrogen and oxygen atoms in total. The van der Waals surface area contributed by atoms with Gasteiger partial charge in [0.05, 0.1) is 22.2 Å². The summed E-state index contributed by atoms with van der Waals surface area (Å²) in [5, 5.41) is 9.85. The van der Waals surface area contributed by atoms with E-state index in [0.717, 1.165) is 5.56 Å². The van der Waals surface area contributed by atoms with E-state index in [0.29, 0.717) is 17.9 Å². The lowest BCUT2D eigenvalue weighted by Crippen LogP contribution is -2.38. The minimum absolute atomic E-state index is 0.0477. The second-order valence-corrected chi connectivity index (χ2v) is 8.77. The third-order valence-corrected chi connectivity index (χ3v) is 7.08. The minimum Gasteiger partial charge on any atom is -0.478 e. The van der Waals surface area contributed by atoms with Crippen molar-refractivity contribution in [3.05, 3.63) is 76.9 Å². The van der Waals surface area contributed by atoms with Gasteiger partial charge in [0.25, 0.3) is 0 Å². The lowest BCUT2D eigenvalue weighted by atomic mass is 10.1. The predicted octanol–water partition coefficient (Wildman–Crippen LogP) is 3.71. The molecule has 0 fully saturated rings. The molecule has 0 unspecified atom stereocenters. The molecule has 0 spiro atoms. The van der Waals surface area contributed by atoms with E-state index in [4.69, 9.17) is 11.6 Å². The van der Waals surface area contributed by atoms with E-state index >= 15 is 0 Å². The number of halogens is 1. The Labute approximate surface area is 167 Å². The van der Waals surface area contributed by atoms with Crippen LogP contribution in [0.4, 0.5) is 0 Å². The summed E-state index contributed by atoms with van der Waals surface area (Å²) in [5.74, 6) is -1.17. The molecule has 0 amide bonds. The molecule has 1 aliphatic heterocycles. The molecule has 0 atom stereocenters. The largest absolute Gasteiger partial charge is 0.478 e. The number of fused-ring (bicyclic) bond motifs is 1. The third kappa shape index (κ3) is 3.01. The maximum atomic E-state index is 13.0. The third-order valence-electron chi connectivity index (χ3n) is 4.85. The molecule has 2 heterocycles. The van der Waals surface area contributed by atoms with Crippen LogP contribution in [0, 0.1) is 0 Å². The van der Waals surface area contributed by atoms with Gasteiger partial charge in [-0.15, -0.1) is 0 Å². The number of carboxylic acids is 1. The standard InChI is InChI=1S/C20H17ClN2O4S/c21-18-17(20(24)25)16-13-22(28(26,27)15-9-5-2-6-10-15)11-12-23(16)19(18)14-7-3-1-4-8-14/h1-10H,11-13H2,(H,24,25). The summed E-state index contributed by atoms with van der Waals surface area (Å²) in [5.41, 5.74) is 1.74. The van der Waals surface area contributed by atoms with Crippen molar-refractivity contribution in [2.45, 2.75) is 18.0 Å². The minimum atomic E-state index is -3.73. The zero-order valence-corrected chi connectivity index (χ0v) is 16.3. The number of hydrogen-bond donors (Lipinski definition) is 1. The van der Waals surface area contributed by atoms with Gasteiger partial charge in [0.2, 0.25) is 10.0 Å². The fourth-order valence-electron chi connectivity index (χ4n) is 3.54. The Morgan fingerprint density at radius 1 is 0.964 bits per heavy atom. The van der Waals surface area contributed by atoms with Gasteiger partial charge in [-0.3, -0.25) is 0 Å². The molecular formula is C20H17ClN2O4S. The zero-order valence-electron chi connectivity index (χ0n) is 14.7. The van der Waals surface area contributed by atoms with Gasteiger partial charge in [-0.1, -0.05) is 60.1 Å². The van der Waals surface area contributed by atoms with Crippen LogP contribution in [0.25, 0.3) is 11.3 Å². The molecule has 2 aromatic carbocycles. The molecule has 1 aromatic heterocycles. The summed E-state index contributed by atoms with van der Waals surface area (Å²) in [6.07, 6.45) is 0. The Balaban J connectivity index is 1.82. The molecule has 3 aromatic rings.